The lowest BCUT2D eigenvalue weighted by Gasteiger charge is -2.26. The number of H-pyrrole nitrogens is 1. The van der Waals surface area contributed by atoms with Gasteiger partial charge in [0.1, 0.15) is 5.75 Å². The topological polar surface area (TPSA) is 85.9 Å². The summed E-state index contributed by atoms with van der Waals surface area (Å²) in [6, 6.07) is 14.6. The first-order chi connectivity index (χ1) is 18.9. The molecule has 0 aliphatic carbocycles. The van der Waals surface area contributed by atoms with E-state index in [0.717, 1.165) is 86.4 Å². The number of hydrogen-bond acceptors (Lipinski definition) is 5. The van der Waals surface area contributed by atoms with Crippen LogP contribution in [-0.2, 0) is 22.4 Å². The second kappa shape index (κ2) is 16.3. The predicted octanol–water partition coefficient (Wildman–Crippen LogP) is 5.42. The van der Waals surface area contributed by atoms with Crippen LogP contribution in [0.4, 0.5) is 0 Å². The van der Waals surface area contributed by atoms with Gasteiger partial charge in [-0.2, -0.15) is 0 Å². The van der Waals surface area contributed by atoms with Crippen LogP contribution in [0.25, 0.3) is 10.9 Å². The number of aromatic nitrogens is 1. The predicted molar refractivity (Wildman–Crippen MR) is 159 cm³/mol. The first-order valence-electron chi connectivity index (χ1n) is 14.1. The Balaban J connectivity index is 1.45. The van der Waals surface area contributed by atoms with Gasteiger partial charge in [-0.25, -0.2) is 0 Å². The van der Waals surface area contributed by atoms with E-state index in [2.05, 4.69) is 23.7 Å². The lowest BCUT2D eigenvalue weighted by atomic mass is 10.0. The number of pyridine rings is 1. The number of rotatable bonds is 17. The fraction of sp³-hybridized carbons (Fsp3) is 0.484. The Morgan fingerprint density at radius 1 is 0.949 bits per heavy atom. The van der Waals surface area contributed by atoms with Crippen molar-refractivity contribution in [1.29, 1.82) is 0 Å². The second-order valence-corrected chi connectivity index (χ2v) is 10.3. The summed E-state index contributed by atoms with van der Waals surface area (Å²) in [6.07, 6.45) is 4.86. The van der Waals surface area contributed by atoms with E-state index in [1.54, 1.807) is 12.1 Å². The summed E-state index contributed by atoms with van der Waals surface area (Å²) in [7, 11) is 0. The molecule has 3 rings (SSSR count). The molecule has 1 aromatic heterocycles. The smallest absolute Gasteiger partial charge is 0.248 e. The third-order valence-electron chi connectivity index (χ3n) is 7.16. The molecular formula is C31H42ClN3O4. The number of benzene rings is 2. The number of aromatic amines is 1. The number of nitrogens with zero attached hydrogens (tertiary/aromatic N) is 2. The number of carbonyl (C=O) groups is 1. The van der Waals surface area contributed by atoms with Crippen molar-refractivity contribution in [2.24, 2.45) is 0 Å². The van der Waals surface area contributed by atoms with Crippen LogP contribution in [0.5, 0.6) is 5.75 Å². The molecule has 1 amide bonds. The zero-order valence-corrected chi connectivity index (χ0v) is 24.0. The number of aromatic hydroxyl groups is 1. The summed E-state index contributed by atoms with van der Waals surface area (Å²) in [4.78, 5) is 31.8. The Labute approximate surface area is 236 Å². The standard InChI is InChI=1S/C31H42ClN3O4/c1-3-34(4-2)19-20-35(30(38)17-22-39-21-16-24-9-8-11-26(32)23-24)18-7-5-6-10-25-12-14-28(36)31-27(25)13-15-29(37)33-31/h8-9,11-15,23,36H,3-7,10,16-22H2,1-2H3,(H,33,37). The van der Waals surface area contributed by atoms with Gasteiger partial charge < -0.3 is 24.6 Å². The van der Waals surface area contributed by atoms with Gasteiger partial charge in [-0.15, -0.1) is 0 Å². The van der Waals surface area contributed by atoms with Gasteiger partial charge in [0, 0.05) is 36.1 Å². The third-order valence-corrected chi connectivity index (χ3v) is 7.39. The summed E-state index contributed by atoms with van der Waals surface area (Å²) in [5, 5.41) is 11.7. The molecule has 0 aliphatic heterocycles. The number of amides is 1. The van der Waals surface area contributed by atoms with Crippen LogP contribution in [0.2, 0.25) is 5.02 Å². The average molecular weight is 556 g/mol. The first kappa shape index (κ1) is 30.7. The van der Waals surface area contributed by atoms with Crippen LogP contribution < -0.4 is 5.56 Å². The van der Waals surface area contributed by atoms with Crippen LogP contribution >= 0.6 is 11.6 Å². The van der Waals surface area contributed by atoms with E-state index in [1.807, 2.05) is 35.2 Å². The van der Waals surface area contributed by atoms with Crippen LogP contribution in [-0.4, -0.2) is 71.7 Å². The number of phenolic OH excluding ortho intramolecular Hbond substituents is 1. The first-order valence-corrected chi connectivity index (χ1v) is 14.4. The second-order valence-electron chi connectivity index (χ2n) is 9.82. The summed E-state index contributed by atoms with van der Waals surface area (Å²) >= 11 is 6.05. The van der Waals surface area contributed by atoms with Crippen LogP contribution in [0.1, 0.15) is 50.7 Å². The van der Waals surface area contributed by atoms with Crippen molar-refractivity contribution >= 4 is 28.4 Å². The fourth-order valence-corrected chi connectivity index (χ4v) is 4.99. The van der Waals surface area contributed by atoms with Crippen molar-refractivity contribution in [3.8, 4) is 5.75 Å². The number of unbranched alkanes of at least 4 members (excludes halogenated alkanes) is 2. The number of fused-ring (bicyclic) bond motifs is 1. The van der Waals surface area contributed by atoms with Gasteiger partial charge >= 0.3 is 0 Å². The van der Waals surface area contributed by atoms with E-state index in [1.165, 1.54) is 6.07 Å². The molecule has 39 heavy (non-hydrogen) atoms. The highest BCUT2D eigenvalue weighted by atomic mass is 35.5. The number of ether oxygens (including phenoxy) is 1. The maximum atomic E-state index is 13.1. The summed E-state index contributed by atoms with van der Waals surface area (Å²) < 4.78 is 5.77. The zero-order valence-electron chi connectivity index (χ0n) is 23.3. The molecule has 2 aromatic carbocycles. The molecule has 7 nitrogen and oxygen atoms in total. The number of halogens is 1. The summed E-state index contributed by atoms with van der Waals surface area (Å²) in [5.41, 5.74) is 2.49. The Bertz CT molecular complexity index is 1240. The van der Waals surface area contributed by atoms with Crippen molar-refractivity contribution in [1.82, 2.24) is 14.8 Å². The van der Waals surface area contributed by atoms with Gasteiger partial charge in [-0.1, -0.05) is 50.1 Å². The van der Waals surface area contributed by atoms with E-state index < -0.39 is 0 Å². The molecule has 3 aromatic rings. The molecule has 8 heteroatoms. The third kappa shape index (κ3) is 9.99. The molecule has 0 fully saturated rings. The fourth-order valence-electron chi connectivity index (χ4n) is 4.78. The van der Waals surface area contributed by atoms with Crippen molar-refractivity contribution in [3.05, 3.63) is 75.0 Å². The maximum absolute atomic E-state index is 13.1. The van der Waals surface area contributed by atoms with E-state index >= 15 is 0 Å². The minimum atomic E-state index is -0.226. The number of hydrogen-bond donors (Lipinski definition) is 2. The van der Waals surface area contributed by atoms with Crippen LogP contribution in [0.3, 0.4) is 0 Å². The Hall–Kier alpha value is -2.87. The number of nitrogens with one attached hydrogen (secondary N) is 1. The molecule has 212 valence electrons. The molecule has 0 bridgehead atoms. The van der Waals surface area contributed by atoms with E-state index in [4.69, 9.17) is 16.3 Å². The van der Waals surface area contributed by atoms with Crippen molar-refractivity contribution in [2.45, 2.75) is 52.4 Å². The monoisotopic (exact) mass is 555 g/mol. The lowest BCUT2D eigenvalue weighted by molar-refractivity contribution is -0.132. The lowest BCUT2D eigenvalue weighted by Crippen LogP contribution is -2.39. The average Bonchev–Trinajstić information content (AvgIpc) is 2.93. The molecule has 0 saturated carbocycles. The Morgan fingerprint density at radius 2 is 1.77 bits per heavy atom. The quantitative estimate of drug-likeness (QED) is 0.217. The number of likely N-dealkylation sites (N-methyl/N-ethyl adjacent to an activating group) is 1. The molecule has 0 unspecified atom stereocenters. The van der Waals surface area contributed by atoms with Crippen molar-refractivity contribution in [3.63, 3.8) is 0 Å². The summed E-state index contributed by atoms with van der Waals surface area (Å²) in [6.45, 7) is 9.52. The van der Waals surface area contributed by atoms with Crippen molar-refractivity contribution in [2.75, 3.05) is 45.9 Å². The molecular weight excluding hydrogens is 514 g/mol. The highest BCUT2D eigenvalue weighted by Gasteiger charge is 2.14. The minimum Gasteiger partial charge on any atom is -0.506 e. The Kier molecular flexibility index (Phi) is 12.8. The number of carbonyl (C=O) groups excluding carboxylic acids is 1. The normalized spacial score (nSPS) is 11.4. The van der Waals surface area contributed by atoms with E-state index in [0.29, 0.717) is 25.2 Å². The molecule has 0 saturated heterocycles. The van der Waals surface area contributed by atoms with Gasteiger partial charge in [-0.3, -0.25) is 9.59 Å². The molecule has 1 heterocycles. The van der Waals surface area contributed by atoms with Gasteiger partial charge in [0.25, 0.3) is 0 Å². The van der Waals surface area contributed by atoms with E-state index in [-0.39, 0.29) is 17.2 Å². The molecule has 0 spiro atoms. The van der Waals surface area contributed by atoms with Crippen LogP contribution in [0, 0.1) is 0 Å². The largest absolute Gasteiger partial charge is 0.506 e. The van der Waals surface area contributed by atoms with Gasteiger partial charge in [-0.05, 0) is 74.2 Å². The maximum Gasteiger partial charge on any atom is 0.248 e. The molecule has 0 atom stereocenters. The van der Waals surface area contributed by atoms with Gasteiger partial charge in [0.05, 0.1) is 25.2 Å². The highest BCUT2D eigenvalue weighted by Crippen LogP contribution is 2.26. The minimum absolute atomic E-state index is 0.0854. The Morgan fingerprint density at radius 3 is 2.54 bits per heavy atom. The SMILES string of the molecule is CCN(CC)CCN(CCCCCc1ccc(O)c2[nH]c(=O)ccc12)C(=O)CCOCCc1cccc(Cl)c1. The van der Waals surface area contributed by atoms with E-state index in [9.17, 15) is 14.7 Å². The molecule has 0 radical (unpaired) electrons. The van der Waals surface area contributed by atoms with Gasteiger partial charge in [0.15, 0.2) is 0 Å². The number of phenols is 1. The van der Waals surface area contributed by atoms with Crippen molar-refractivity contribution < 1.29 is 14.6 Å². The molecule has 2 N–H and O–H groups in total. The zero-order chi connectivity index (χ0) is 28.0. The number of aryl methyl sites for hydroxylation is 1. The molecule has 0 aliphatic rings. The highest BCUT2D eigenvalue weighted by molar-refractivity contribution is 6.30. The van der Waals surface area contributed by atoms with Crippen LogP contribution in [0.15, 0.2) is 53.3 Å². The summed E-state index contributed by atoms with van der Waals surface area (Å²) in [5.74, 6) is 0.223. The van der Waals surface area contributed by atoms with Gasteiger partial charge in [0.2, 0.25) is 11.5 Å².